The first kappa shape index (κ1) is 20.7. The van der Waals surface area contributed by atoms with E-state index in [-0.39, 0.29) is 17.3 Å². The minimum atomic E-state index is -4.43. The Bertz CT molecular complexity index is 919. The first-order valence-electron chi connectivity index (χ1n) is 10.2. The fourth-order valence-electron chi connectivity index (χ4n) is 4.93. The quantitative estimate of drug-likeness (QED) is 0.763. The third-order valence-corrected chi connectivity index (χ3v) is 6.76. The minimum Gasteiger partial charge on any atom is -0.330 e. The van der Waals surface area contributed by atoms with Crippen molar-refractivity contribution in [2.24, 2.45) is 0 Å². The molecule has 4 rings (SSSR count). The van der Waals surface area contributed by atoms with Gasteiger partial charge in [0, 0.05) is 11.2 Å². The molecule has 2 aliphatic rings. The van der Waals surface area contributed by atoms with Crippen LogP contribution >= 0.6 is 0 Å². The molecule has 1 spiro atoms. The molecule has 0 atom stereocenters. The second-order valence-electron chi connectivity index (χ2n) is 8.64. The molecule has 7 heteroatoms. The van der Waals surface area contributed by atoms with Gasteiger partial charge in [-0.2, -0.15) is 13.2 Å². The summed E-state index contributed by atoms with van der Waals surface area (Å²) < 4.78 is 39.3. The van der Waals surface area contributed by atoms with Gasteiger partial charge in [0.05, 0.1) is 17.6 Å². The molecule has 0 bridgehead atoms. The highest BCUT2D eigenvalue weighted by atomic mass is 19.4. The largest absolute Gasteiger partial charge is 0.416 e. The third-order valence-electron chi connectivity index (χ3n) is 6.76. The summed E-state index contributed by atoms with van der Waals surface area (Å²) in [6.07, 6.45) is -1.18. The SMILES string of the molecule is CN(C)C1(c2ccccc2)CCC2(CC1)CN(c1cccc(C(F)(F)F)c1)C(=O)N2. The van der Waals surface area contributed by atoms with Crippen LogP contribution in [0.3, 0.4) is 0 Å². The highest BCUT2D eigenvalue weighted by molar-refractivity contribution is 5.95. The molecule has 2 amide bonds. The molecular weight excluding hydrogens is 391 g/mol. The second kappa shape index (κ2) is 7.30. The van der Waals surface area contributed by atoms with Crippen LogP contribution in [0.5, 0.6) is 0 Å². The van der Waals surface area contributed by atoms with E-state index in [2.05, 4.69) is 36.4 Å². The molecule has 1 N–H and O–H groups in total. The van der Waals surface area contributed by atoms with Crippen molar-refractivity contribution in [2.75, 3.05) is 25.5 Å². The van der Waals surface area contributed by atoms with Crippen LogP contribution in [-0.2, 0) is 11.7 Å². The minimum absolute atomic E-state index is 0.110. The van der Waals surface area contributed by atoms with Crippen molar-refractivity contribution < 1.29 is 18.0 Å². The van der Waals surface area contributed by atoms with E-state index >= 15 is 0 Å². The summed E-state index contributed by atoms with van der Waals surface area (Å²) in [5.74, 6) is 0. The van der Waals surface area contributed by atoms with E-state index in [0.717, 1.165) is 37.8 Å². The van der Waals surface area contributed by atoms with Crippen LogP contribution in [0.15, 0.2) is 54.6 Å². The van der Waals surface area contributed by atoms with Crippen LogP contribution in [0.2, 0.25) is 0 Å². The fourth-order valence-corrected chi connectivity index (χ4v) is 4.93. The maximum absolute atomic E-state index is 13.1. The van der Waals surface area contributed by atoms with E-state index in [4.69, 9.17) is 0 Å². The number of carbonyl (C=O) groups excluding carboxylic acids is 1. The molecule has 1 heterocycles. The monoisotopic (exact) mass is 417 g/mol. The third kappa shape index (κ3) is 3.55. The average molecular weight is 417 g/mol. The first-order chi connectivity index (χ1) is 14.2. The molecule has 2 aromatic carbocycles. The summed E-state index contributed by atoms with van der Waals surface area (Å²) in [4.78, 5) is 16.4. The van der Waals surface area contributed by atoms with Crippen LogP contribution < -0.4 is 10.2 Å². The smallest absolute Gasteiger partial charge is 0.330 e. The van der Waals surface area contributed by atoms with Gasteiger partial charge in [-0.1, -0.05) is 36.4 Å². The highest BCUT2D eigenvalue weighted by Gasteiger charge is 2.50. The number of carbonyl (C=O) groups is 1. The van der Waals surface area contributed by atoms with Crippen LogP contribution in [0.4, 0.5) is 23.7 Å². The maximum atomic E-state index is 13.1. The molecule has 2 aromatic rings. The summed E-state index contributed by atoms with van der Waals surface area (Å²) in [6.45, 7) is 0.380. The Morgan fingerprint density at radius 2 is 1.63 bits per heavy atom. The molecule has 160 valence electrons. The summed E-state index contributed by atoms with van der Waals surface area (Å²) in [5.41, 5.74) is 0.268. The van der Waals surface area contributed by atoms with Gasteiger partial charge >= 0.3 is 12.2 Å². The van der Waals surface area contributed by atoms with Crippen molar-refractivity contribution in [1.29, 1.82) is 0 Å². The van der Waals surface area contributed by atoms with Crippen LogP contribution in [-0.4, -0.2) is 37.1 Å². The number of anilines is 1. The van der Waals surface area contributed by atoms with Crippen LogP contribution in [0.25, 0.3) is 0 Å². The lowest BCUT2D eigenvalue weighted by molar-refractivity contribution is -0.137. The summed E-state index contributed by atoms with van der Waals surface area (Å²) >= 11 is 0. The number of nitrogens with one attached hydrogen (secondary N) is 1. The van der Waals surface area contributed by atoms with Gasteiger partial charge in [0.1, 0.15) is 0 Å². The predicted octanol–water partition coefficient (Wildman–Crippen LogP) is 5.00. The van der Waals surface area contributed by atoms with Gasteiger partial charge in [-0.15, -0.1) is 0 Å². The average Bonchev–Trinajstić information content (AvgIpc) is 3.04. The van der Waals surface area contributed by atoms with Gasteiger partial charge in [-0.3, -0.25) is 9.80 Å². The Morgan fingerprint density at radius 1 is 0.967 bits per heavy atom. The Balaban J connectivity index is 1.55. The molecule has 30 heavy (non-hydrogen) atoms. The summed E-state index contributed by atoms with van der Waals surface area (Å²) in [5, 5.41) is 3.09. The Morgan fingerprint density at radius 3 is 2.23 bits per heavy atom. The van der Waals surface area contributed by atoms with Gasteiger partial charge < -0.3 is 5.32 Å². The van der Waals surface area contributed by atoms with Crippen molar-refractivity contribution in [2.45, 2.75) is 42.9 Å². The van der Waals surface area contributed by atoms with Gasteiger partial charge in [0.15, 0.2) is 0 Å². The number of amides is 2. The Kier molecular flexibility index (Phi) is 5.04. The molecule has 1 aliphatic carbocycles. The lowest BCUT2D eigenvalue weighted by atomic mass is 9.69. The van der Waals surface area contributed by atoms with E-state index in [1.54, 1.807) is 6.07 Å². The van der Waals surface area contributed by atoms with E-state index in [1.165, 1.54) is 16.5 Å². The molecule has 0 radical (unpaired) electrons. The van der Waals surface area contributed by atoms with Crippen LogP contribution in [0.1, 0.15) is 36.8 Å². The topological polar surface area (TPSA) is 35.6 Å². The van der Waals surface area contributed by atoms with Gasteiger partial charge in [-0.05, 0) is 63.5 Å². The lowest BCUT2D eigenvalue weighted by Crippen LogP contribution is -2.54. The number of hydrogen-bond acceptors (Lipinski definition) is 2. The molecular formula is C23H26F3N3O. The summed E-state index contributed by atoms with van der Waals surface area (Å²) in [6, 6.07) is 15.0. The highest BCUT2D eigenvalue weighted by Crippen LogP contribution is 2.46. The zero-order valence-electron chi connectivity index (χ0n) is 17.2. The Hall–Kier alpha value is -2.54. The molecule has 0 aromatic heterocycles. The van der Waals surface area contributed by atoms with E-state index in [0.29, 0.717) is 6.54 Å². The molecule has 1 aliphatic heterocycles. The number of nitrogens with zero attached hydrogens (tertiary/aromatic N) is 2. The molecule has 2 fully saturated rings. The van der Waals surface area contributed by atoms with Crippen LogP contribution in [0, 0.1) is 0 Å². The van der Waals surface area contributed by atoms with Crippen molar-refractivity contribution in [3.8, 4) is 0 Å². The van der Waals surface area contributed by atoms with E-state index in [9.17, 15) is 18.0 Å². The van der Waals surface area contributed by atoms with Gasteiger partial charge in [0.25, 0.3) is 0 Å². The standard InChI is InChI=1S/C23H26F3N3O/c1-28(2)22(17-7-4-3-5-8-17)13-11-21(12-14-22)16-29(20(30)27-21)19-10-6-9-18(15-19)23(24,25)26/h3-10,15H,11-14,16H2,1-2H3,(H,27,30). The zero-order valence-corrected chi connectivity index (χ0v) is 17.2. The number of halogens is 3. The normalized spacial score (nSPS) is 27.0. The maximum Gasteiger partial charge on any atom is 0.416 e. The number of alkyl halides is 3. The molecule has 4 nitrogen and oxygen atoms in total. The lowest BCUT2D eigenvalue weighted by Gasteiger charge is -2.48. The van der Waals surface area contributed by atoms with Crippen molar-refractivity contribution in [3.63, 3.8) is 0 Å². The number of urea groups is 1. The van der Waals surface area contributed by atoms with E-state index in [1.807, 2.05) is 18.2 Å². The van der Waals surface area contributed by atoms with Crippen molar-refractivity contribution in [1.82, 2.24) is 10.2 Å². The van der Waals surface area contributed by atoms with Gasteiger partial charge in [0.2, 0.25) is 0 Å². The number of rotatable bonds is 3. The number of hydrogen-bond donors (Lipinski definition) is 1. The molecule has 1 saturated carbocycles. The Labute approximate surface area is 174 Å². The van der Waals surface area contributed by atoms with Crippen molar-refractivity contribution >= 4 is 11.7 Å². The van der Waals surface area contributed by atoms with Crippen molar-refractivity contribution in [3.05, 3.63) is 65.7 Å². The number of benzene rings is 2. The first-order valence-corrected chi connectivity index (χ1v) is 10.2. The zero-order chi connectivity index (χ0) is 21.6. The predicted molar refractivity (Wildman–Crippen MR) is 110 cm³/mol. The molecule has 1 saturated heterocycles. The second-order valence-corrected chi connectivity index (χ2v) is 8.64. The molecule has 0 unspecified atom stereocenters. The van der Waals surface area contributed by atoms with Gasteiger partial charge in [-0.25, -0.2) is 4.79 Å². The fraction of sp³-hybridized carbons (Fsp3) is 0.435. The van der Waals surface area contributed by atoms with E-state index < -0.39 is 17.3 Å². The summed E-state index contributed by atoms with van der Waals surface area (Å²) in [7, 11) is 4.15.